The van der Waals surface area contributed by atoms with Gasteiger partial charge in [0.1, 0.15) is 0 Å². The van der Waals surface area contributed by atoms with E-state index in [0.717, 1.165) is 22.7 Å². The van der Waals surface area contributed by atoms with Crippen LogP contribution in [-0.4, -0.2) is 17.4 Å². The van der Waals surface area contributed by atoms with Crippen molar-refractivity contribution in [3.8, 4) is 0 Å². The van der Waals surface area contributed by atoms with Crippen molar-refractivity contribution in [1.29, 1.82) is 0 Å². The fourth-order valence-electron chi connectivity index (χ4n) is 1.92. The van der Waals surface area contributed by atoms with Crippen molar-refractivity contribution in [3.63, 3.8) is 0 Å². The van der Waals surface area contributed by atoms with Gasteiger partial charge in [-0.05, 0) is 42.7 Å². The first kappa shape index (κ1) is 13.7. The molecule has 19 heavy (non-hydrogen) atoms. The Morgan fingerprint density at radius 1 is 1.26 bits per heavy atom. The topological polar surface area (TPSA) is 44.9 Å². The largest absolute Gasteiger partial charge is 0.365 e. The quantitative estimate of drug-likeness (QED) is 0.867. The van der Waals surface area contributed by atoms with Crippen LogP contribution in [0.3, 0.4) is 0 Å². The summed E-state index contributed by atoms with van der Waals surface area (Å²) in [5.74, 6) is 0.0490. The number of H-pyrrole nitrogens is 1. The van der Waals surface area contributed by atoms with E-state index in [0.29, 0.717) is 13.0 Å². The lowest BCUT2D eigenvalue weighted by molar-refractivity contribution is -0.120. The van der Waals surface area contributed by atoms with Crippen LogP contribution in [0.4, 0.5) is 0 Å². The summed E-state index contributed by atoms with van der Waals surface area (Å²) < 4.78 is 0. The monoisotopic (exact) mass is 276 g/mol. The Kier molecular flexibility index (Phi) is 4.63. The van der Waals surface area contributed by atoms with Crippen molar-refractivity contribution in [2.24, 2.45) is 0 Å². The first-order valence-electron chi connectivity index (χ1n) is 6.28. The van der Waals surface area contributed by atoms with E-state index in [1.807, 2.05) is 43.5 Å². The molecular formula is C15H17ClN2O. The van der Waals surface area contributed by atoms with Crippen LogP contribution in [0.1, 0.15) is 16.8 Å². The molecule has 1 aromatic heterocycles. The van der Waals surface area contributed by atoms with E-state index in [1.54, 1.807) is 0 Å². The molecule has 0 atom stereocenters. The highest BCUT2D eigenvalue weighted by Gasteiger charge is 2.04. The molecule has 0 unspecified atom stereocenters. The lowest BCUT2D eigenvalue weighted by atomic mass is 10.1. The standard InChI is InChI=1S/C15H17ClN2O/c1-11-8-13(10-18-11)9-15(19)17-7-6-12-2-4-14(16)5-3-12/h2-5,8,10,18H,6-7,9H2,1H3,(H,17,19). The normalized spacial score (nSPS) is 10.4. The van der Waals surface area contributed by atoms with Crippen molar-refractivity contribution in [3.05, 3.63) is 58.4 Å². The SMILES string of the molecule is Cc1cc(CC(=O)NCCc2ccc(Cl)cc2)c[nH]1. The molecule has 0 aliphatic rings. The highest BCUT2D eigenvalue weighted by Crippen LogP contribution is 2.09. The molecule has 0 bridgehead atoms. The third-order valence-corrected chi connectivity index (χ3v) is 3.15. The second-order valence-corrected chi connectivity index (χ2v) is 5.03. The number of amides is 1. The summed E-state index contributed by atoms with van der Waals surface area (Å²) in [5.41, 5.74) is 3.26. The van der Waals surface area contributed by atoms with Gasteiger partial charge in [0, 0.05) is 23.5 Å². The van der Waals surface area contributed by atoms with E-state index >= 15 is 0 Å². The van der Waals surface area contributed by atoms with Crippen LogP contribution in [0, 0.1) is 6.92 Å². The zero-order valence-corrected chi connectivity index (χ0v) is 11.6. The van der Waals surface area contributed by atoms with E-state index in [-0.39, 0.29) is 5.91 Å². The number of hydrogen-bond donors (Lipinski definition) is 2. The van der Waals surface area contributed by atoms with Crippen LogP contribution in [0.5, 0.6) is 0 Å². The zero-order chi connectivity index (χ0) is 13.7. The molecule has 3 nitrogen and oxygen atoms in total. The van der Waals surface area contributed by atoms with Crippen molar-refractivity contribution in [2.45, 2.75) is 19.8 Å². The molecule has 100 valence electrons. The van der Waals surface area contributed by atoms with E-state index in [9.17, 15) is 4.79 Å². The van der Waals surface area contributed by atoms with Gasteiger partial charge in [0.25, 0.3) is 0 Å². The Hall–Kier alpha value is -1.74. The van der Waals surface area contributed by atoms with Crippen molar-refractivity contribution in [2.75, 3.05) is 6.54 Å². The van der Waals surface area contributed by atoms with Gasteiger partial charge < -0.3 is 10.3 Å². The average Bonchev–Trinajstić information content (AvgIpc) is 2.77. The number of halogens is 1. The van der Waals surface area contributed by atoms with E-state index in [4.69, 9.17) is 11.6 Å². The van der Waals surface area contributed by atoms with Gasteiger partial charge in [-0.3, -0.25) is 4.79 Å². The maximum absolute atomic E-state index is 11.7. The summed E-state index contributed by atoms with van der Waals surface area (Å²) in [5, 5.41) is 3.65. The summed E-state index contributed by atoms with van der Waals surface area (Å²) in [6.45, 7) is 2.62. The van der Waals surface area contributed by atoms with Gasteiger partial charge in [0.05, 0.1) is 6.42 Å². The van der Waals surface area contributed by atoms with Crippen molar-refractivity contribution < 1.29 is 4.79 Å². The molecule has 0 saturated heterocycles. The molecule has 4 heteroatoms. The Bertz CT molecular complexity index is 546. The number of carbonyl (C=O) groups is 1. The van der Waals surface area contributed by atoms with Crippen molar-refractivity contribution >= 4 is 17.5 Å². The second kappa shape index (κ2) is 6.43. The van der Waals surface area contributed by atoms with Gasteiger partial charge in [-0.2, -0.15) is 0 Å². The number of aromatic amines is 1. The number of nitrogens with one attached hydrogen (secondary N) is 2. The smallest absolute Gasteiger partial charge is 0.224 e. The Morgan fingerprint density at radius 2 is 2.00 bits per heavy atom. The summed E-state index contributed by atoms with van der Waals surface area (Å²) in [4.78, 5) is 14.8. The minimum absolute atomic E-state index is 0.0490. The predicted molar refractivity (Wildman–Crippen MR) is 77.4 cm³/mol. The lowest BCUT2D eigenvalue weighted by Crippen LogP contribution is -2.27. The minimum Gasteiger partial charge on any atom is -0.365 e. The van der Waals surface area contributed by atoms with E-state index in [1.165, 1.54) is 5.56 Å². The van der Waals surface area contributed by atoms with Gasteiger partial charge in [-0.1, -0.05) is 23.7 Å². The number of carbonyl (C=O) groups excluding carboxylic acids is 1. The molecule has 0 spiro atoms. The fraction of sp³-hybridized carbons (Fsp3) is 0.267. The first-order chi connectivity index (χ1) is 9.13. The average molecular weight is 277 g/mol. The third kappa shape index (κ3) is 4.45. The van der Waals surface area contributed by atoms with Crippen LogP contribution in [0.25, 0.3) is 0 Å². The van der Waals surface area contributed by atoms with Crippen LogP contribution < -0.4 is 5.32 Å². The second-order valence-electron chi connectivity index (χ2n) is 4.59. The van der Waals surface area contributed by atoms with E-state index < -0.39 is 0 Å². The number of aromatic nitrogens is 1. The van der Waals surface area contributed by atoms with Gasteiger partial charge in [0.2, 0.25) is 5.91 Å². The lowest BCUT2D eigenvalue weighted by Gasteiger charge is -2.04. The zero-order valence-electron chi connectivity index (χ0n) is 10.9. The fourth-order valence-corrected chi connectivity index (χ4v) is 2.04. The van der Waals surface area contributed by atoms with Crippen LogP contribution in [0.2, 0.25) is 5.02 Å². The Balaban J connectivity index is 1.73. The van der Waals surface area contributed by atoms with E-state index in [2.05, 4.69) is 10.3 Å². The highest BCUT2D eigenvalue weighted by atomic mass is 35.5. The number of hydrogen-bond acceptors (Lipinski definition) is 1. The Labute approximate surface area is 118 Å². The molecule has 1 aromatic carbocycles. The minimum atomic E-state index is 0.0490. The first-order valence-corrected chi connectivity index (χ1v) is 6.66. The number of aryl methyl sites for hydroxylation is 1. The molecule has 0 fully saturated rings. The van der Waals surface area contributed by atoms with Gasteiger partial charge in [-0.25, -0.2) is 0 Å². The Morgan fingerprint density at radius 3 is 2.63 bits per heavy atom. The number of rotatable bonds is 5. The van der Waals surface area contributed by atoms with Gasteiger partial charge in [0.15, 0.2) is 0 Å². The molecule has 1 amide bonds. The number of benzene rings is 1. The van der Waals surface area contributed by atoms with Crippen LogP contribution in [-0.2, 0) is 17.6 Å². The van der Waals surface area contributed by atoms with Gasteiger partial charge >= 0.3 is 0 Å². The van der Waals surface area contributed by atoms with Crippen LogP contribution in [0.15, 0.2) is 36.5 Å². The highest BCUT2D eigenvalue weighted by molar-refractivity contribution is 6.30. The molecule has 0 aliphatic heterocycles. The summed E-state index contributed by atoms with van der Waals surface area (Å²) in [6, 6.07) is 9.66. The summed E-state index contributed by atoms with van der Waals surface area (Å²) >= 11 is 5.82. The predicted octanol–water partition coefficient (Wildman–Crippen LogP) is 2.88. The molecule has 0 radical (unpaired) electrons. The third-order valence-electron chi connectivity index (χ3n) is 2.90. The van der Waals surface area contributed by atoms with Crippen molar-refractivity contribution in [1.82, 2.24) is 10.3 Å². The molecule has 0 aliphatic carbocycles. The van der Waals surface area contributed by atoms with Gasteiger partial charge in [-0.15, -0.1) is 0 Å². The maximum atomic E-state index is 11.7. The molecule has 2 rings (SSSR count). The summed E-state index contributed by atoms with van der Waals surface area (Å²) in [7, 11) is 0. The molecule has 2 N–H and O–H groups in total. The maximum Gasteiger partial charge on any atom is 0.224 e. The molecule has 2 aromatic rings. The van der Waals surface area contributed by atoms with Crippen LogP contribution >= 0.6 is 11.6 Å². The molecule has 1 heterocycles. The molecular weight excluding hydrogens is 260 g/mol. The molecule has 0 saturated carbocycles. The summed E-state index contributed by atoms with van der Waals surface area (Å²) in [6.07, 6.45) is 3.11.